The van der Waals surface area contributed by atoms with E-state index in [1.165, 1.54) is 31.4 Å². The summed E-state index contributed by atoms with van der Waals surface area (Å²) < 4.78 is 40.6. The van der Waals surface area contributed by atoms with Gasteiger partial charge in [0.05, 0.1) is 14.2 Å². The molecule has 1 saturated carbocycles. The number of anilines is 2. The van der Waals surface area contributed by atoms with Crippen molar-refractivity contribution in [2.75, 3.05) is 31.0 Å². The van der Waals surface area contributed by atoms with Crippen LogP contribution >= 0.6 is 0 Å². The summed E-state index contributed by atoms with van der Waals surface area (Å²) in [5, 5.41) is 3.49. The molecule has 2 aliphatic rings. The van der Waals surface area contributed by atoms with Crippen LogP contribution in [-0.4, -0.2) is 25.7 Å². The Hall–Kier alpha value is -3.35. The molecule has 0 bridgehead atoms. The normalized spacial score (nSPS) is 16.8. The molecule has 2 aromatic carbocycles. The largest absolute Gasteiger partial charge is 0.493 e. The first-order valence-corrected chi connectivity index (χ1v) is 11.1. The van der Waals surface area contributed by atoms with Crippen molar-refractivity contribution in [1.82, 2.24) is 4.98 Å². The number of benzene rings is 2. The summed E-state index contributed by atoms with van der Waals surface area (Å²) in [6.45, 7) is 3.00. The van der Waals surface area contributed by atoms with Gasteiger partial charge in [0.25, 0.3) is 0 Å². The third-order valence-electron chi connectivity index (χ3n) is 6.80. The fourth-order valence-electron chi connectivity index (χ4n) is 4.83. The van der Waals surface area contributed by atoms with E-state index in [1.807, 2.05) is 24.4 Å². The molecule has 1 fully saturated rings. The molecule has 5 rings (SSSR count). The van der Waals surface area contributed by atoms with Crippen LogP contribution in [0.1, 0.15) is 42.5 Å². The zero-order valence-electron chi connectivity index (χ0n) is 19.0. The molecule has 0 unspecified atom stereocenters. The number of nitrogens with one attached hydrogen (secondary N) is 1. The summed E-state index contributed by atoms with van der Waals surface area (Å²) in [7, 11) is 2.73. The highest BCUT2D eigenvalue weighted by Gasteiger charge is 2.50. The maximum atomic E-state index is 15.2. The van der Waals surface area contributed by atoms with Crippen molar-refractivity contribution in [2.45, 2.75) is 37.8 Å². The lowest BCUT2D eigenvalue weighted by atomic mass is 9.87. The van der Waals surface area contributed by atoms with Gasteiger partial charge in [0.15, 0.2) is 23.1 Å². The Morgan fingerprint density at radius 3 is 2.30 bits per heavy atom. The van der Waals surface area contributed by atoms with Gasteiger partial charge >= 0.3 is 0 Å². The van der Waals surface area contributed by atoms with Crippen LogP contribution in [-0.2, 0) is 12.0 Å². The molecule has 0 saturated heterocycles. The molecule has 1 atom stereocenters. The molecule has 172 valence electrons. The first-order chi connectivity index (χ1) is 16.0. The molecule has 5 nitrogen and oxygen atoms in total. The van der Waals surface area contributed by atoms with Gasteiger partial charge < -0.3 is 19.7 Å². The molecule has 1 N–H and O–H groups in total. The van der Waals surface area contributed by atoms with E-state index in [4.69, 9.17) is 9.47 Å². The third kappa shape index (κ3) is 3.75. The van der Waals surface area contributed by atoms with Gasteiger partial charge in [-0.3, -0.25) is 0 Å². The van der Waals surface area contributed by atoms with Crippen LogP contribution in [0.2, 0.25) is 0 Å². The van der Waals surface area contributed by atoms with Crippen molar-refractivity contribution in [3.63, 3.8) is 0 Å². The first-order valence-electron chi connectivity index (χ1n) is 11.1. The van der Waals surface area contributed by atoms with E-state index in [0.29, 0.717) is 13.1 Å². The third-order valence-corrected chi connectivity index (χ3v) is 6.80. The second-order valence-electron chi connectivity index (χ2n) is 8.90. The number of aromatic nitrogens is 1. The highest BCUT2D eigenvalue weighted by molar-refractivity contribution is 5.62. The van der Waals surface area contributed by atoms with Crippen molar-refractivity contribution in [1.29, 1.82) is 0 Å². The van der Waals surface area contributed by atoms with Gasteiger partial charge in [-0.1, -0.05) is 30.3 Å². The number of methoxy groups -OCH3 is 2. The monoisotopic (exact) mass is 451 g/mol. The van der Waals surface area contributed by atoms with Crippen LogP contribution in [0.3, 0.4) is 0 Å². The van der Waals surface area contributed by atoms with Crippen LogP contribution in [0.15, 0.2) is 48.7 Å². The van der Waals surface area contributed by atoms with Gasteiger partial charge in [-0.2, -0.15) is 0 Å². The van der Waals surface area contributed by atoms with Crippen molar-refractivity contribution < 1.29 is 18.3 Å². The number of hydrogen-bond acceptors (Lipinski definition) is 5. The maximum Gasteiger partial charge on any atom is 0.191 e. The molecule has 1 spiro atoms. The van der Waals surface area contributed by atoms with Gasteiger partial charge in [0.1, 0.15) is 11.5 Å². The summed E-state index contributed by atoms with van der Waals surface area (Å²) in [6.07, 6.45) is 3.77. The van der Waals surface area contributed by atoms with E-state index < -0.39 is 11.6 Å². The number of hydrogen-bond donors (Lipinski definition) is 1. The maximum absolute atomic E-state index is 15.2. The van der Waals surface area contributed by atoms with Crippen molar-refractivity contribution in [3.05, 3.63) is 77.0 Å². The van der Waals surface area contributed by atoms with E-state index >= 15 is 8.78 Å². The van der Waals surface area contributed by atoms with Gasteiger partial charge in [-0.05, 0) is 42.5 Å². The molecule has 1 aliphatic heterocycles. The van der Waals surface area contributed by atoms with Crippen LogP contribution in [0.4, 0.5) is 20.3 Å². The Morgan fingerprint density at radius 1 is 1.03 bits per heavy atom. The molecule has 33 heavy (non-hydrogen) atoms. The number of rotatable bonds is 6. The number of halogens is 2. The second kappa shape index (κ2) is 8.21. The van der Waals surface area contributed by atoms with E-state index in [1.54, 1.807) is 4.90 Å². The highest BCUT2D eigenvalue weighted by Crippen LogP contribution is 2.54. The molecule has 2 heterocycles. The standard InChI is InChI=1S/C26H27F2N3O2/c1-16(17-7-5-4-6-8-17)30-22-11-19-18(13-29-22)14-31(15-26(19)9-10-26)25-23(27)20(32-2)12-21(33-3)24(25)28/h4-8,11-13,16H,9-10,14-15H2,1-3H3,(H,29,30)/t16-/m1/s1. The topological polar surface area (TPSA) is 46.6 Å². The molecular weight excluding hydrogens is 424 g/mol. The van der Waals surface area contributed by atoms with E-state index in [0.717, 1.165) is 24.2 Å². The summed E-state index contributed by atoms with van der Waals surface area (Å²) in [5.74, 6) is -0.681. The van der Waals surface area contributed by atoms with Crippen molar-refractivity contribution >= 4 is 11.5 Å². The summed E-state index contributed by atoms with van der Waals surface area (Å²) >= 11 is 0. The predicted octanol–water partition coefficient (Wildman–Crippen LogP) is 5.60. The summed E-state index contributed by atoms with van der Waals surface area (Å²) in [5.41, 5.74) is 3.15. The summed E-state index contributed by atoms with van der Waals surface area (Å²) in [4.78, 5) is 6.37. The van der Waals surface area contributed by atoms with Gasteiger partial charge in [0, 0.05) is 36.8 Å². The Morgan fingerprint density at radius 2 is 1.70 bits per heavy atom. The Kier molecular flexibility index (Phi) is 5.35. The lowest BCUT2D eigenvalue weighted by molar-refractivity contribution is 0.357. The minimum atomic E-state index is -0.710. The number of fused-ring (bicyclic) bond motifs is 2. The minimum absolute atomic E-state index is 0.0357. The van der Waals surface area contributed by atoms with Gasteiger partial charge in [0.2, 0.25) is 0 Å². The molecule has 3 aromatic rings. The molecule has 0 radical (unpaired) electrons. The quantitative estimate of drug-likeness (QED) is 0.529. The van der Waals surface area contributed by atoms with Crippen LogP contribution in [0.5, 0.6) is 11.5 Å². The Bertz CT molecular complexity index is 1150. The number of ether oxygens (including phenoxy) is 2. The van der Waals surface area contributed by atoms with Gasteiger partial charge in [-0.25, -0.2) is 13.8 Å². The molecule has 0 amide bonds. The summed E-state index contributed by atoms with van der Waals surface area (Å²) in [6, 6.07) is 13.7. The zero-order chi connectivity index (χ0) is 23.2. The molecular formula is C26H27F2N3O2. The Balaban J connectivity index is 1.47. The zero-order valence-corrected chi connectivity index (χ0v) is 19.0. The highest BCUT2D eigenvalue weighted by atomic mass is 19.1. The number of pyridine rings is 1. The van der Waals surface area contributed by atoms with E-state index in [2.05, 4.69) is 35.4 Å². The first kappa shape index (κ1) is 21.5. The van der Waals surface area contributed by atoms with Crippen LogP contribution < -0.4 is 19.7 Å². The molecule has 1 aliphatic carbocycles. The fraction of sp³-hybridized carbons (Fsp3) is 0.346. The lowest BCUT2D eigenvalue weighted by Gasteiger charge is -2.37. The van der Waals surface area contributed by atoms with Crippen molar-refractivity contribution in [3.8, 4) is 11.5 Å². The SMILES string of the molecule is COc1cc(OC)c(F)c(N2Cc3cnc(N[C@H](C)c4ccccc4)cc3C3(CC3)C2)c1F. The fourth-order valence-corrected chi connectivity index (χ4v) is 4.83. The molecule has 7 heteroatoms. The van der Waals surface area contributed by atoms with Crippen molar-refractivity contribution in [2.24, 2.45) is 0 Å². The average Bonchev–Trinajstić information content (AvgIpc) is 3.60. The number of nitrogens with zero attached hydrogens (tertiary/aromatic N) is 2. The van der Waals surface area contributed by atoms with Crippen LogP contribution in [0, 0.1) is 11.6 Å². The average molecular weight is 452 g/mol. The minimum Gasteiger partial charge on any atom is -0.493 e. The lowest BCUT2D eigenvalue weighted by Crippen LogP contribution is -2.39. The molecule has 1 aromatic heterocycles. The predicted molar refractivity (Wildman–Crippen MR) is 124 cm³/mol. The Labute approximate surface area is 192 Å². The van der Waals surface area contributed by atoms with E-state index in [-0.39, 0.29) is 28.6 Å². The smallest absolute Gasteiger partial charge is 0.191 e. The second-order valence-corrected chi connectivity index (χ2v) is 8.90. The van der Waals surface area contributed by atoms with E-state index in [9.17, 15) is 0 Å². The van der Waals surface area contributed by atoms with Crippen LogP contribution in [0.25, 0.3) is 0 Å². The van der Waals surface area contributed by atoms with Gasteiger partial charge in [-0.15, -0.1) is 0 Å².